The van der Waals surface area contributed by atoms with E-state index in [0.29, 0.717) is 25.7 Å². The van der Waals surface area contributed by atoms with Crippen molar-refractivity contribution >= 4 is 11.6 Å². The van der Waals surface area contributed by atoms with Crippen molar-refractivity contribution in [3.63, 3.8) is 0 Å². The molecule has 6 heteroatoms. The van der Waals surface area contributed by atoms with Crippen LogP contribution in [0.2, 0.25) is 0 Å². The van der Waals surface area contributed by atoms with Crippen LogP contribution in [0.1, 0.15) is 44.6 Å². The summed E-state index contributed by atoms with van der Waals surface area (Å²) in [5.41, 5.74) is 1.90. The summed E-state index contributed by atoms with van der Waals surface area (Å²) >= 11 is 0. The summed E-state index contributed by atoms with van der Waals surface area (Å²) in [5.74, 6) is 0.726. The smallest absolute Gasteiger partial charge is 0.226 e. The third-order valence-electron chi connectivity index (χ3n) is 4.62. The van der Waals surface area contributed by atoms with E-state index in [-0.39, 0.29) is 5.91 Å². The lowest BCUT2D eigenvalue weighted by Crippen LogP contribution is -2.21. The number of rotatable bonds is 7. The largest absolute Gasteiger partial charge is 0.374 e. The predicted molar refractivity (Wildman–Crippen MR) is 95.9 cm³/mol. The lowest BCUT2D eigenvalue weighted by Gasteiger charge is -2.26. The Kier molecular flexibility index (Phi) is 6.17. The molecule has 134 valence electrons. The standard InChI is InChI=1S/C19H26N4O2/c1-15-4-2-7-18(12-15)25-14-16-5-3-6-17(13-16)21-19(24)8-10-23-11-9-20-22-23/h3,5-6,9,11,13,15,18H,2,4,7-8,10,12,14H2,1H3,(H,21,24)/t15-,18+/m1/s1. The zero-order chi connectivity index (χ0) is 17.5. The van der Waals surface area contributed by atoms with Crippen LogP contribution in [0.3, 0.4) is 0 Å². The van der Waals surface area contributed by atoms with E-state index in [1.807, 2.05) is 24.3 Å². The van der Waals surface area contributed by atoms with E-state index in [2.05, 4.69) is 22.6 Å². The van der Waals surface area contributed by atoms with Gasteiger partial charge in [-0.2, -0.15) is 0 Å². The van der Waals surface area contributed by atoms with E-state index in [0.717, 1.165) is 30.0 Å². The molecule has 1 aliphatic carbocycles. The fourth-order valence-electron chi connectivity index (χ4n) is 3.27. The molecular weight excluding hydrogens is 316 g/mol. The number of amides is 1. The number of ether oxygens (including phenoxy) is 1. The molecule has 1 saturated carbocycles. The average Bonchev–Trinajstić information content (AvgIpc) is 3.12. The van der Waals surface area contributed by atoms with E-state index in [1.165, 1.54) is 12.8 Å². The monoisotopic (exact) mass is 342 g/mol. The second-order valence-electron chi connectivity index (χ2n) is 6.87. The summed E-state index contributed by atoms with van der Waals surface area (Å²) in [5, 5.41) is 10.5. The zero-order valence-electron chi connectivity index (χ0n) is 14.7. The van der Waals surface area contributed by atoms with Gasteiger partial charge in [0.1, 0.15) is 0 Å². The van der Waals surface area contributed by atoms with Gasteiger partial charge in [-0.05, 0) is 36.5 Å². The number of nitrogens with one attached hydrogen (secondary N) is 1. The number of carbonyl (C=O) groups excluding carboxylic acids is 1. The van der Waals surface area contributed by atoms with Gasteiger partial charge in [-0.1, -0.05) is 37.1 Å². The minimum atomic E-state index is -0.0327. The minimum absolute atomic E-state index is 0.0327. The molecular formula is C19H26N4O2. The number of hydrogen-bond acceptors (Lipinski definition) is 4. The van der Waals surface area contributed by atoms with Crippen LogP contribution in [0, 0.1) is 5.92 Å². The highest BCUT2D eigenvalue weighted by Crippen LogP contribution is 2.26. The fourth-order valence-corrected chi connectivity index (χ4v) is 3.27. The lowest BCUT2D eigenvalue weighted by molar-refractivity contribution is -0.116. The topological polar surface area (TPSA) is 69.0 Å². The normalized spacial score (nSPS) is 20.4. The first-order valence-corrected chi connectivity index (χ1v) is 9.03. The van der Waals surface area contributed by atoms with Crippen molar-refractivity contribution in [1.82, 2.24) is 15.0 Å². The van der Waals surface area contributed by atoms with Crippen molar-refractivity contribution in [3.05, 3.63) is 42.2 Å². The Labute approximate surface area is 148 Å². The van der Waals surface area contributed by atoms with Gasteiger partial charge in [-0.15, -0.1) is 5.10 Å². The SMILES string of the molecule is C[C@@H]1CCC[C@H](OCc2cccc(NC(=O)CCn3ccnn3)c2)C1. The van der Waals surface area contributed by atoms with Crippen molar-refractivity contribution < 1.29 is 9.53 Å². The Morgan fingerprint density at radius 1 is 1.40 bits per heavy atom. The molecule has 6 nitrogen and oxygen atoms in total. The highest BCUT2D eigenvalue weighted by Gasteiger charge is 2.19. The molecule has 0 saturated heterocycles. The molecule has 1 aromatic heterocycles. The van der Waals surface area contributed by atoms with Crippen LogP contribution in [-0.4, -0.2) is 27.0 Å². The van der Waals surface area contributed by atoms with Crippen LogP contribution in [-0.2, 0) is 22.7 Å². The summed E-state index contributed by atoms with van der Waals surface area (Å²) in [6.45, 7) is 3.42. The number of carbonyl (C=O) groups is 1. The molecule has 2 atom stereocenters. The predicted octanol–water partition coefficient (Wildman–Crippen LogP) is 3.40. The van der Waals surface area contributed by atoms with E-state index < -0.39 is 0 Å². The Morgan fingerprint density at radius 3 is 3.12 bits per heavy atom. The van der Waals surface area contributed by atoms with Gasteiger partial charge in [0.05, 0.1) is 25.5 Å². The molecule has 25 heavy (non-hydrogen) atoms. The van der Waals surface area contributed by atoms with Crippen molar-refractivity contribution in [2.24, 2.45) is 5.92 Å². The van der Waals surface area contributed by atoms with Crippen LogP contribution in [0.4, 0.5) is 5.69 Å². The van der Waals surface area contributed by atoms with E-state index >= 15 is 0 Å². The first-order valence-electron chi connectivity index (χ1n) is 9.03. The molecule has 0 spiro atoms. The maximum atomic E-state index is 12.1. The van der Waals surface area contributed by atoms with Crippen LogP contribution in [0.25, 0.3) is 0 Å². The van der Waals surface area contributed by atoms with Crippen molar-refractivity contribution in [3.8, 4) is 0 Å². The van der Waals surface area contributed by atoms with Gasteiger partial charge in [0.15, 0.2) is 0 Å². The summed E-state index contributed by atoms with van der Waals surface area (Å²) in [4.78, 5) is 12.1. The molecule has 1 aliphatic rings. The first kappa shape index (κ1) is 17.6. The van der Waals surface area contributed by atoms with Gasteiger partial charge in [-0.3, -0.25) is 9.48 Å². The Morgan fingerprint density at radius 2 is 2.32 bits per heavy atom. The number of anilines is 1. The van der Waals surface area contributed by atoms with Crippen LogP contribution >= 0.6 is 0 Å². The molecule has 1 N–H and O–H groups in total. The van der Waals surface area contributed by atoms with E-state index in [1.54, 1.807) is 17.1 Å². The maximum absolute atomic E-state index is 12.1. The maximum Gasteiger partial charge on any atom is 0.226 e. The minimum Gasteiger partial charge on any atom is -0.374 e. The van der Waals surface area contributed by atoms with Gasteiger partial charge in [0.25, 0.3) is 0 Å². The third kappa shape index (κ3) is 5.67. The van der Waals surface area contributed by atoms with Crippen molar-refractivity contribution in [2.75, 3.05) is 5.32 Å². The molecule has 0 radical (unpaired) electrons. The summed E-state index contributed by atoms with van der Waals surface area (Å²) in [6, 6.07) is 7.88. The summed E-state index contributed by atoms with van der Waals surface area (Å²) in [7, 11) is 0. The second kappa shape index (κ2) is 8.76. The van der Waals surface area contributed by atoms with Gasteiger partial charge in [0, 0.05) is 18.3 Å². The third-order valence-corrected chi connectivity index (χ3v) is 4.62. The summed E-state index contributed by atoms with van der Waals surface area (Å²) < 4.78 is 7.71. The molecule has 2 aromatic rings. The number of benzene rings is 1. The molecule has 0 bridgehead atoms. The van der Waals surface area contributed by atoms with Gasteiger partial charge < -0.3 is 10.1 Å². The molecule has 1 aromatic carbocycles. The Balaban J connectivity index is 1.46. The molecule has 1 fully saturated rings. The van der Waals surface area contributed by atoms with Crippen LogP contribution in [0.15, 0.2) is 36.7 Å². The van der Waals surface area contributed by atoms with Crippen molar-refractivity contribution in [2.45, 2.75) is 58.3 Å². The Hall–Kier alpha value is -2.21. The fraction of sp³-hybridized carbons (Fsp3) is 0.526. The molecule has 0 unspecified atom stereocenters. The van der Waals surface area contributed by atoms with Crippen LogP contribution < -0.4 is 5.32 Å². The van der Waals surface area contributed by atoms with E-state index in [9.17, 15) is 4.79 Å². The molecule has 1 amide bonds. The zero-order valence-corrected chi connectivity index (χ0v) is 14.7. The highest BCUT2D eigenvalue weighted by molar-refractivity contribution is 5.90. The second-order valence-corrected chi connectivity index (χ2v) is 6.87. The first-order chi connectivity index (χ1) is 12.2. The lowest BCUT2D eigenvalue weighted by atomic mass is 9.89. The van der Waals surface area contributed by atoms with Gasteiger partial charge in [0.2, 0.25) is 5.91 Å². The van der Waals surface area contributed by atoms with E-state index in [4.69, 9.17) is 4.74 Å². The number of hydrogen-bond donors (Lipinski definition) is 1. The molecule has 0 aliphatic heterocycles. The van der Waals surface area contributed by atoms with Gasteiger partial charge >= 0.3 is 0 Å². The molecule has 3 rings (SSSR count). The highest BCUT2D eigenvalue weighted by atomic mass is 16.5. The molecule has 1 heterocycles. The number of nitrogens with zero attached hydrogens (tertiary/aromatic N) is 3. The van der Waals surface area contributed by atoms with Crippen LogP contribution in [0.5, 0.6) is 0 Å². The summed E-state index contributed by atoms with van der Waals surface area (Å²) in [6.07, 6.45) is 8.96. The number of aryl methyl sites for hydroxylation is 1. The number of aromatic nitrogens is 3. The average molecular weight is 342 g/mol. The Bertz CT molecular complexity index is 672. The van der Waals surface area contributed by atoms with Crippen molar-refractivity contribution in [1.29, 1.82) is 0 Å². The van der Waals surface area contributed by atoms with Gasteiger partial charge in [-0.25, -0.2) is 0 Å². The quantitative estimate of drug-likeness (QED) is 0.837.